The predicted octanol–water partition coefficient (Wildman–Crippen LogP) is 4.82. The summed E-state index contributed by atoms with van der Waals surface area (Å²) in [5, 5.41) is 4.84. The fourth-order valence-corrected chi connectivity index (χ4v) is 1.93. The second kappa shape index (κ2) is 5.61. The summed E-state index contributed by atoms with van der Waals surface area (Å²) in [4.78, 5) is 0. The molecule has 0 spiro atoms. The molecule has 4 nitrogen and oxygen atoms in total. The number of nitrogens with zero attached hydrogens (tertiary/aromatic N) is 1. The van der Waals surface area contributed by atoms with Gasteiger partial charge in [0.25, 0.3) is 0 Å². The Balaban J connectivity index is 1.68. The first kappa shape index (κ1) is 13.1. The largest absolute Gasteiger partial charge is 0.487 e. The van der Waals surface area contributed by atoms with Crippen LogP contribution in [0.15, 0.2) is 51.6 Å². The van der Waals surface area contributed by atoms with E-state index in [4.69, 9.17) is 36.9 Å². The molecule has 0 aliphatic rings. The molecular weight excluding hydrogens is 301 g/mol. The summed E-state index contributed by atoms with van der Waals surface area (Å²) in [5.41, 5.74) is 0.655. The molecule has 0 aliphatic heterocycles. The van der Waals surface area contributed by atoms with Gasteiger partial charge in [-0.1, -0.05) is 28.4 Å². The SMILES string of the molecule is Clc1ccc(OCc2cc(-c3ccco3)on2)cc1Cl. The van der Waals surface area contributed by atoms with Crippen molar-refractivity contribution in [1.82, 2.24) is 5.16 Å². The van der Waals surface area contributed by atoms with Crippen LogP contribution in [0.25, 0.3) is 11.5 Å². The molecule has 2 aromatic heterocycles. The highest BCUT2D eigenvalue weighted by molar-refractivity contribution is 6.42. The third kappa shape index (κ3) is 2.81. The Morgan fingerprint density at radius 3 is 2.70 bits per heavy atom. The summed E-state index contributed by atoms with van der Waals surface area (Å²) < 4.78 is 15.9. The van der Waals surface area contributed by atoms with E-state index in [0.717, 1.165) is 0 Å². The molecule has 20 heavy (non-hydrogen) atoms. The van der Waals surface area contributed by atoms with Gasteiger partial charge in [0.05, 0.1) is 16.3 Å². The minimum atomic E-state index is 0.266. The van der Waals surface area contributed by atoms with Gasteiger partial charge in [-0.3, -0.25) is 0 Å². The van der Waals surface area contributed by atoms with Crippen LogP contribution in [-0.4, -0.2) is 5.16 Å². The van der Waals surface area contributed by atoms with E-state index in [2.05, 4.69) is 5.16 Å². The summed E-state index contributed by atoms with van der Waals surface area (Å²) >= 11 is 11.7. The lowest BCUT2D eigenvalue weighted by atomic mass is 10.3. The van der Waals surface area contributed by atoms with Gasteiger partial charge in [-0.05, 0) is 24.3 Å². The maximum atomic E-state index is 5.91. The zero-order valence-corrected chi connectivity index (χ0v) is 11.7. The Kier molecular flexibility index (Phi) is 3.67. The van der Waals surface area contributed by atoms with E-state index in [9.17, 15) is 0 Å². The minimum Gasteiger partial charge on any atom is -0.487 e. The molecule has 0 bridgehead atoms. The smallest absolute Gasteiger partial charge is 0.202 e. The van der Waals surface area contributed by atoms with Crippen molar-refractivity contribution in [2.75, 3.05) is 0 Å². The van der Waals surface area contributed by atoms with Crippen LogP contribution in [0, 0.1) is 0 Å². The van der Waals surface area contributed by atoms with Gasteiger partial charge >= 0.3 is 0 Å². The molecule has 0 N–H and O–H groups in total. The van der Waals surface area contributed by atoms with Crippen LogP contribution in [0.1, 0.15) is 5.69 Å². The summed E-state index contributed by atoms with van der Waals surface area (Å²) in [6.45, 7) is 0.266. The third-order valence-corrected chi connectivity index (χ3v) is 3.34. The van der Waals surface area contributed by atoms with E-state index < -0.39 is 0 Å². The fraction of sp³-hybridized carbons (Fsp3) is 0.0714. The quantitative estimate of drug-likeness (QED) is 0.693. The summed E-state index contributed by atoms with van der Waals surface area (Å²) in [6, 6.07) is 10.4. The molecule has 0 saturated heterocycles. The molecule has 6 heteroatoms. The number of rotatable bonds is 4. The molecule has 0 amide bonds. The van der Waals surface area contributed by atoms with Crippen molar-refractivity contribution in [3.8, 4) is 17.3 Å². The minimum absolute atomic E-state index is 0.266. The predicted molar refractivity (Wildman–Crippen MR) is 75.0 cm³/mol. The van der Waals surface area contributed by atoms with E-state index in [1.54, 1.807) is 42.7 Å². The van der Waals surface area contributed by atoms with Crippen LogP contribution in [-0.2, 0) is 6.61 Å². The first-order valence-electron chi connectivity index (χ1n) is 5.80. The van der Waals surface area contributed by atoms with Crippen LogP contribution in [0.5, 0.6) is 5.75 Å². The molecule has 0 unspecified atom stereocenters. The van der Waals surface area contributed by atoms with Gasteiger partial charge in [0, 0.05) is 12.1 Å². The highest BCUT2D eigenvalue weighted by atomic mass is 35.5. The van der Waals surface area contributed by atoms with E-state index in [1.807, 2.05) is 0 Å². The molecule has 0 aliphatic carbocycles. The van der Waals surface area contributed by atoms with E-state index in [-0.39, 0.29) is 6.61 Å². The number of hydrogen-bond acceptors (Lipinski definition) is 4. The average Bonchev–Trinajstić information content (AvgIpc) is 3.09. The molecule has 102 valence electrons. The first-order chi connectivity index (χ1) is 9.72. The average molecular weight is 310 g/mol. The molecule has 0 saturated carbocycles. The lowest BCUT2D eigenvalue weighted by molar-refractivity contribution is 0.289. The second-order valence-electron chi connectivity index (χ2n) is 4.02. The molecule has 1 aromatic carbocycles. The van der Waals surface area contributed by atoms with Gasteiger partial charge in [0.2, 0.25) is 5.76 Å². The Hall–Kier alpha value is -1.91. The number of hydrogen-bond donors (Lipinski definition) is 0. The molecule has 0 atom stereocenters. The maximum Gasteiger partial charge on any atom is 0.202 e. The molecule has 3 aromatic rings. The van der Waals surface area contributed by atoms with Crippen molar-refractivity contribution in [1.29, 1.82) is 0 Å². The van der Waals surface area contributed by atoms with Crippen molar-refractivity contribution < 1.29 is 13.7 Å². The van der Waals surface area contributed by atoms with Crippen LogP contribution < -0.4 is 4.74 Å². The van der Waals surface area contributed by atoms with Crippen LogP contribution >= 0.6 is 23.2 Å². The van der Waals surface area contributed by atoms with Gasteiger partial charge in [-0.25, -0.2) is 0 Å². The standard InChI is InChI=1S/C14H9Cl2NO3/c15-11-4-3-10(7-12(11)16)19-8-9-6-14(20-17-9)13-2-1-5-18-13/h1-7H,8H2. The normalized spacial score (nSPS) is 10.7. The van der Waals surface area contributed by atoms with Gasteiger partial charge in [-0.2, -0.15) is 0 Å². The number of halogens is 2. The summed E-state index contributed by atoms with van der Waals surface area (Å²) in [6.07, 6.45) is 1.57. The number of furan rings is 1. The Morgan fingerprint density at radius 2 is 1.95 bits per heavy atom. The zero-order chi connectivity index (χ0) is 13.9. The molecule has 0 radical (unpaired) electrons. The molecular formula is C14H9Cl2NO3. The number of aromatic nitrogens is 1. The lowest BCUT2D eigenvalue weighted by Gasteiger charge is -2.04. The number of benzene rings is 1. The Labute approximate surface area is 124 Å². The van der Waals surface area contributed by atoms with Gasteiger partial charge < -0.3 is 13.7 Å². The maximum absolute atomic E-state index is 5.91. The molecule has 3 rings (SSSR count). The highest BCUT2D eigenvalue weighted by Gasteiger charge is 2.09. The van der Waals surface area contributed by atoms with Gasteiger partial charge in [0.15, 0.2) is 5.76 Å². The summed E-state index contributed by atoms with van der Waals surface area (Å²) in [7, 11) is 0. The number of ether oxygens (including phenoxy) is 1. The first-order valence-corrected chi connectivity index (χ1v) is 6.55. The monoisotopic (exact) mass is 309 g/mol. The topological polar surface area (TPSA) is 48.4 Å². The van der Waals surface area contributed by atoms with Crippen molar-refractivity contribution in [3.63, 3.8) is 0 Å². The van der Waals surface area contributed by atoms with E-state index in [0.29, 0.717) is 33.0 Å². The molecule has 2 heterocycles. The zero-order valence-electron chi connectivity index (χ0n) is 10.2. The van der Waals surface area contributed by atoms with Crippen molar-refractivity contribution in [2.24, 2.45) is 0 Å². The highest BCUT2D eigenvalue weighted by Crippen LogP contribution is 2.27. The second-order valence-corrected chi connectivity index (χ2v) is 4.84. The lowest BCUT2D eigenvalue weighted by Crippen LogP contribution is -1.95. The Bertz CT molecular complexity index is 707. The molecule has 0 fully saturated rings. The Morgan fingerprint density at radius 1 is 1.05 bits per heavy atom. The van der Waals surface area contributed by atoms with Crippen molar-refractivity contribution in [2.45, 2.75) is 6.61 Å². The van der Waals surface area contributed by atoms with Gasteiger partial charge in [-0.15, -0.1) is 0 Å². The summed E-state index contributed by atoms with van der Waals surface area (Å²) in [5.74, 6) is 1.79. The van der Waals surface area contributed by atoms with Gasteiger partial charge in [0.1, 0.15) is 18.1 Å². The van der Waals surface area contributed by atoms with Crippen LogP contribution in [0.4, 0.5) is 0 Å². The van der Waals surface area contributed by atoms with Crippen LogP contribution in [0.3, 0.4) is 0 Å². The fourth-order valence-electron chi connectivity index (χ4n) is 1.64. The van der Waals surface area contributed by atoms with Crippen LogP contribution in [0.2, 0.25) is 10.0 Å². The van der Waals surface area contributed by atoms with Crippen molar-refractivity contribution in [3.05, 3.63) is 58.4 Å². The van der Waals surface area contributed by atoms with Crippen molar-refractivity contribution >= 4 is 23.2 Å². The van der Waals surface area contributed by atoms with E-state index in [1.165, 1.54) is 0 Å². The third-order valence-electron chi connectivity index (χ3n) is 2.60. The van der Waals surface area contributed by atoms with E-state index >= 15 is 0 Å².